The van der Waals surface area contributed by atoms with Crippen LogP contribution in [0.25, 0.3) is 0 Å². The minimum Gasteiger partial charge on any atom is -0.383 e. The highest BCUT2D eigenvalue weighted by molar-refractivity contribution is 7.08. The van der Waals surface area contributed by atoms with E-state index in [1.54, 1.807) is 18.4 Å². The number of carbonyl (C=O) groups is 2. The van der Waals surface area contributed by atoms with Gasteiger partial charge in [0.25, 0.3) is 0 Å². The molecule has 1 spiro atoms. The molecule has 1 N–H and O–H groups in total. The van der Waals surface area contributed by atoms with E-state index in [4.69, 9.17) is 4.74 Å². The normalized spacial score (nSPS) is 27.0. The van der Waals surface area contributed by atoms with Crippen LogP contribution in [0.1, 0.15) is 44.1 Å². The molecule has 1 aliphatic heterocycles. The van der Waals surface area contributed by atoms with Crippen molar-refractivity contribution in [2.45, 2.75) is 56.5 Å². The molecule has 6 heteroatoms. The highest BCUT2D eigenvalue weighted by Gasteiger charge is 2.46. The second-order valence-corrected chi connectivity index (χ2v) is 7.69. The quantitative estimate of drug-likeness (QED) is 0.857. The number of hydrogen-bond donors (Lipinski definition) is 1. The van der Waals surface area contributed by atoms with Gasteiger partial charge in [0, 0.05) is 31.7 Å². The van der Waals surface area contributed by atoms with Crippen molar-refractivity contribution in [3.8, 4) is 0 Å². The fraction of sp³-hybridized carbons (Fsp3) is 0.667. The summed E-state index contributed by atoms with van der Waals surface area (Å²) in [7, 11) is 1.67. The Balaban J connectivity index is 1.51. The van der Waals surface area contributed by atoms with E-state index in [1.807, 2.05) is 21.7 Å². The fourth-order valence-electron chi connectivity index (χ4n) is 4.10. The van der Waals surface area contributed by atoms with Crippen molar-refractivity contribution in [3.05, 3.63) is 22.4 Å². The number of likely N-dealkylation sites (tertiary alicyclic amines) is 1. The minimum absolute atomic E-state index is 0.00417. The first kappa shape index (κ1) is 17.4. The number of nitrogens with one attached hydrogen (secondary N) is 1. The summed E-state index contributed by atoms with van der Waals surface area (Å²) in [5.74, 6) is 0.361. The second kappa shape index (κ2) is 7.66. The van der Waals surface area contributed by atoms with Crippen molar-refractivity contribution in [3.63, 3.8) is 0 Å². The van der Waals surface area contributed by atoms with Crippen LogP contribution in [0.2, 0.25) is 0 Å². The van der Waals surface area contributed by atoms with Crippen LogP contribution in [0.4, 0.5) is 0 Å². The molecule has 1 aliphatic carbocycles. The molecule has 1 aromatic heterocycles. The van der Waals surface area contributed by atoms with Gasteiger partial charge in [-0.05, 0) is 54.5 Å². The summed E-state index contributed by atoms with van der Waals surface area (Å²) < 4.78 is 5.16. The summed E-state index contributed by atoms with van der Waals surface area (Å²) in [4.78, 5) is 26.4. The van der Waals surface area contributed by atoms with E-state index < -0.39 is 0 Å². The monoisotopic (exact) mass is 350 g/mol. The zero-order chi connectivity index (χ0) is 17.0. The number of rotatable bonds is 6. The van der Waals surface area contributed by atoms with Gasteiger partial charge in [0.05, 0.1) is 13.0 Å². The van der Waals surface area contributed by atoms with Crippen molar-refractivity contribution in [1.82, 2.24) is 10.2 Å². The standard InChI is InChI=1S/C18H26N2O3S/c1-23-10-9-20-17(22)4-8-18(20)6-2-15(3-7-18)19-16(21)12-14-5-11-24-13-14/h5,11,13,15H,2-4,6-10,12H2,1H3,(H,19,21). The number of methoxy groups -OCH3 is 1. The molecule has 3 rings (SSSR count). The number of hydrogen-bond acceptors (Lipinski definition) is 4. The van der Waals surface area contributed by atoms with Gasteiger partial charge < -0.3 is 15.0 Å². The minimum atomic E-state index is 0.00417. The first-order chi connectivity index (χ1) is 11.6. The Kier molecular flexibility index (Phi) is 5.56. The van der Waals surface area contributed by atoms with Crippen LogP contribution in [0.15, 0.2) is 16.8 Å². The summed E-state index contributed by atoms with van der Waals surface area (Å²) in [6.45, 7) is 1.28. The topological polar surface area (TPSA) is 58.6 Å². The van der Waals surface area contributed by atoms with Crippen LogP contribution in [-0.4, -0.2) is 48.6 Å². The number of ether oxygens (including phenoxy) is 1. The third-order valence-electron chi connectivity index (χ3n) is 5.42. The van der Waals surface area contributed by atoms with E-state index in [1.165, 1.54) is 0 Å². The number of carbonyl (C=O) groups excluding carboxylic acids is 2. The van der Waals surface area contributed by atoms with Gasteiger partial charge in [-0.25, -0.2) is 0 Å². The van der Waals surface area contributed by atoms with Gasteiger partial charge in [-0.15, -0.1) is 0 Å². The van der Waals surface area contributed by atoms with Crippen LogP contribution in [0.5, 0.6) is 0 Å². The van der Waals surface area contributed by atoms with Crippen LogP contribution in [0.3, 0.4) is 0 Å². The van der Waals surface area contributed by atoms with Gasteiger partial charge in [-0.1, -0.05) is 0 Å². The van der Waals surface area contributed by atoms with Gasteiger partial charge in [-0.3, -0.25) is 9.59 Å². The maximum atomic E-state index is 12.2. The first-order valence-electron chi connectivity index (χ1n) is 8.73. The molecular weight excluding hydrogens is 324 g/mol. The van der Waals surface area contributed by atoms with Crippen molar-refractivity contribution in [1.29, 1.82) is 0 Å². The molecule has 0 unspecified atom stereocenters. The molecule has 1 aromatic rings. The molecule has 2 aliphatic rings. The van der Waals surface area contributed by atoms with E-state index in [0.717, 1.165) is 37.7 Å². The molecule has 0 aromatic carbocycles. The zero-order valence-electron chi connectivity index (χ0n) is 14.3. The third kappa shape index (κ3) is 3.81. The largest absolute Gasteiger partial charge is 0.383 e. The summed E-state index contributed by atoms with van der Waals surface area (Å²) >= 11 is 1.62. The molecule has 2 amide bonds. The Labute approximate surface area is 147 Å². The maximum Gasteiger partial charge on any atom is 0.224 e. The highest BCUT2D eigenvalue weighted by Crippen LogP contribution is 2.42. The highest BCUT2D eigenvalue weighted by atomic mass is 32.1. The summed E-state index contributed by atoms with van der Waals surface area (Å²) in [5.41, 5.74) is 1.08. The Morgan fingerprint density at radius 3 is 2.88 bits per heavy atom. The van der Waals surface area contributed by atoms with E-state index >= 15 is 0 Å². The lowest BCUT2D eigenvalue weighted by molar-refractivity contribution is -0.133. The molecule has 5 nitrogen and oxygen atoms in total. The second-order valence-electron chi connectivity index (χ2n) is 6.91. The molecule has 0 atom stereocenters. The lowest BCUT2D eigenvalue weighted by Crippen LogP contribution is -2.52. The van der Waals surface area contributed by atoms with E-state index in [9.17, 15) is 9.59 Å². The van der Waals surface area contributed by atoms with Crippen molar-refractivity contribution < 1.29 is 14.3 Å². The van der Waals surface area contributed by atoms with Crippen LogP contribution in [-0.2, 0) is 20.7 Å². The van der Waals surface area contributed by atoms with E-state index in [0.29, 0.717) is 26.0 Å². The number of amides is 2. The van der Waals surface area contributed by atoms with Gasteiger partial charge in [0.2, 0.25) is 11.8 Å². The lowest BCUT2D eigenvalue weighted by atomic mass is 9.77. The van der Waals surface area contributed by atoms with Gasteiger partial charge in [0.1, 0.15) is 0 Å². The van der Waals surface area contributed by atoms with E-state index in [2.05, 4.69) is 5.32 Å². The first-order valence-corrected chi connectivity index (χ1v) is 9.67. The molecule has 0 radical (unpaired) electrons. The van der Waals surface area contributed by atoms with E-state index in [-0.39, 0.29) is 23.4 Å². The molecular formula is C18H26N2O3S. The van der Waals surface area contributed by atoms with Crippen molar-refractivity contribution >= 4 is 23.2 Å². The fourth-order valence-corrected chi connectivity index (χ4v) is 4.76. The van der Waals surface area contributed by atoms with Crippen LogP contribution >= 0.6 is 11.3 Å². The van der Waals surface area contributed by atoms with Crippen molar-refractivity contribution in [2.75, 3.05) is 20.3 Å². The Bertz CT molecular complexity index is 565. The van der Waals surface area contributed by atoms with Crippen molar-refractivity contribution in [2.24, 2.45) is 0 Å². The Morgan fingerprint density at radius 2 is 2.21 bits per heavy atom. The summed E-state index contributed by atoms with van der Waals surface area (Å²) in [5, 5.41) is 7.19. The molecule has 0 bridgehead atoms. The Morgan fingerprint density at radius 1 is 1.42 bits per heavy atom. The average Bonchev–Trinajstić information content (AvgIpc) is 3.17. The zero-order valence-corrected chi connectivity index (χ0v) is 15.1. The van der Waals surface area contributed by atoms with Gasteiger partial charge >= 0.3 is 0 Å². The number of nitrogens with zero attached hydrogens (tertiary/aromatic N) is 1. The molecule has 1 saturated heterocycles. The maximum absolute atomic E-state index is 12.2. The third-order valence-corrected chi connectivity index (χ3v) is 6.16. The molecule has 2 heterocycles. The lowest BCUT2D eigenvalue weighted by Gasteiger charge is -2.44. The van der Waals surface area contributed by atoms with Crippen LogP contribution < -0.4 is 5.32 Å². The predicted octanol–water partition coefficient (Wildman–Crippen LogP) is 2.36. The summed E-state index contributed by atoms with van der Waals surface area (Å²) in [6.07, 6.45) is 5.92. The van der Waals surface area contributed by atoms with Gasteiger partial charge in [-0.2, -0.15) is 11.3 Å². The average molecular weight is 350 g/mol. The molecule has 24 heavy (non-hydrogen) atoms. The molecule has 1 saturated carbocycles. The SMILES string of the molecule is COCCN1C(=O)CCC12CCC(NC(=O)Cc1ccsc1)CC2. The smallest absolute Gasteiger partial charge is 0.224 e. The van der Waals surface area contributed by atoms with Gasteiger partial charge in [0.15, 0.2) is 0 Å². The molecule has 2 fully saturated rings. The predicted molar refractivity (Wildman–Crippen MR) is 94.0 cm³/mol. The molecule has 132 valence electrons. The number of thiophene rings is 1. The Hall–Kier alpha value is -1.40. The van der Waals surface area contributed by atoms with Crippen LogP contribution in [0, 0.1) is 0 Å². The summed E-state index contributed by atoms with van der Waals surface area (Å²) in [6, 6.07) is 2.24.